The van der Waals surface area contributed by atoms with Gasteiger partial charge in [0.15, 0.2) is 6.10 Å². The molecule has 1 amide bonds. The molecule has 118 valence electrons. The minimum Gasteiger partial charge on any atom is -0.506 e. The Morgan fingerprint density at radius 2 is 2.09 bits per heavy atom. The van der Waals surface area contributed by atoms with Crippen LogP contribution in [0.3, 0.4) is 0 Å². The van der Waals surface area contributed by atoms with E-state index in [0.29, 0.717) is 27.7 Å². The number of carbonyl (C=O) groups is 1. The zero-order valence-electron chi connectivity index (χ0n) is 12.0. The predicted octanol–water partition coefficient (Wildman–Crippen LogP) is 4.17. The zero-order chi connectivity index (χ0) is 16.6. The van der Waals surface area contributed by atoms with Crippen LogP contribution < -0.4 is 10.1 Å². The van der Waals surface area contributed by atoms with E-state index in [2.05, 4.69) is 10.3 Å². The van der Waals surface area contributed by atoms with Crippen molar-refractivity contribution in [1.29, 1.82) is 0 Å². The SMILES string of the molecule is C[C@@H]1Oc2ccc(N=Cc3cc(Cl)cc(Cl)c3O)cc2NC1=O. The molecule has 3 rings (SSSR count). The van der Waals surface area contributed by atoms with E-state index in [1.807, 2.05) is 0 Å². The molecular formula is C16H12Cl2N2O3. The van der Waals surface area contributed by atoms with E-state index in [1.54, 1.807) is 31.2 Å². The minimum absolute atomic E-state index is 0.0942. The number of nitrogens with one attached hydrogen (secondary N) is 1. The van der Waals surface area contributed by atoms with Crippen LogP contribution in [0, 0.1) is 0 Å². The lowest BCUT2D eigenvalue weighted by Gasteiger charge is -2.23. The molecule has 0 saturated heterocycles. The van der Waals surface area contributed by atoms with Gasteiger partial charge in [0.25, 0.3) is 5.91 Å². The highest BCUT2D eigenvalue weighted by atomic mass is 35.5. The number of nitrogens with zero attached hydrogens (tertiary/aromatic N) is 1. The van der Waals surface area contributed by atoms with Gasteiger partial charge in [-0.15, -0.1) is 0 Å². The van der Waals surface area contributed by atoms with Crippen molar-refractivity contribution in [3.63, 3.8) is 0 Å². The number of hydrogen-bond donors (Lipinski definition) is 2. The normalized spacial score (nSPS) is 16.8. The van der Waals surface area contributed by atoms with E-state index in [4.69, 9.17) is 27.9 Å². The van der Waals surface area contributed by atoms with Crippen LogP contribution in [0.4, 0.5) is 11.4 Å². The van der Waals surface area contributed by atoms with Gasteiger partial charge in [-0.1, -0.05) is 23.2 Å². The smallest absolute Gasteiger partial charge is 0.265 e. The monoisotopic (exact) mass is 350 g/mol. The number of hydrogen-bond acceptors (Lipinski definition) is 4. The summed E-state index contributed by atoms with van der Waals surface area (Å²) < 4.78 is 5.47. The topological polar surface area (TPSA) is 70.9 Å². The van der Waals surface area contributed by atoms with Crippen LogP contribution in [0.15, 0.2) is 35.3 Å². The number of ether oxygens (including phenoxy) is 1. The van der Waals surface area contributed by atoms with Crippen molar-refractivity contribution in [2.45, 2.75) is 13.0 Å². The molecule has 2 aromatic carbocycles. The van der Waals surface area contributed by atoms with Crippen LogP contribution in [-0.4, -0.2) is 23.3 Å². The zero-order valence-corrected chi connectivity index (χ0v) is 13.5. The number of aliphatic imine (C=N–C) groups is 1. The lowest BCUT2D eigenvalue weighted by molar-refractivity contribution is -0.122. The number of rotatable bonds is 2. The number of aromatic hydroxyl groups is 1. The van der Waals surface area contributed by atoms with Crippen molar-refractivity contribution in [3.05, 3.63) is 45.9 Å². The quantitative estimate of drug-likeness (QED) is 0.798. The third-order valence-electron chi connectivity index (χ3n) is 3.30. The van der Waals surface area contributed by atoms with Gasteiger partial charge < -0.3 is 15.2 Å². The highest BCUT2D eigenvalue weighted by Gasteiger charge is 2.23. The molecule has 1 aliphatic heterocycles. The largest absolute Gasteiger partial charge is 0.506 e. The van der Waals surface area contributed by atoms with Crippen LogP contribution in [0.1, 0.15) is 12.5 Å². The molecule has 0 unspecified atom stereocenters. The van der Waals surface area contributed by atoms with Gasteiger partial charge in [0.2, 0.25) is 0 Å². The fourth-order valence-corrected chi connectivity index (χ4v) is 2.61. The number of benzene rings is 2. The summed E-state index contributed by atoms with van der Waals surface area (Å²) in [5.74, 6) is 0.283. The molecule has 0 radical (unpaired) electrons. The average molecular weight is 351 g/mol. The van der Waals surface area contributed by atoms with Gasteiger partial charge >= 0.3 is 0 Å². The first-order valence-corrected chi connectivity index (χ1v) is 7.53. The minimum atomic E-state index is -0.526. The Bertz CT molecular complexity index is 821. The molecule has 0 saturated carbocycles. The fraction of sp³-hybridized carbons (Fsp3) is 0.125. The Kier molecular flexibility index (Phi) is 4.15. The van der Waals surface area contributed by atoms with Gasteiger partial charge in [0, 0.05) is 16.8 Å². The molecule has 0 aliphatic carbocycles. The summed E-state index contributed by atoms with van der Waals surface area (Å²) in [5.41, 5.74) is 1.53. The number of phenols is 1. The molecule has 23 heavy (non-hydrogen) atoms. The van der Waals surface area contributed by atoms with Crippen molar-refractivity contribution in [3.8, 4) is 11.5 Å². The Morgan fingerprint density at radius 1 is 1.30 bits per heavy atom. The molecule has 7 heteroatoms. The Hall–Kier alpha value is -2.24. The third-order valence-corrected chi connectivity index (χ3v) is 3.81. The van der Waals surface area contributed by atoms with Crippen LogP contribution in [-0.2, 0) is 4.79 Å². The summed E-state index contributed by atoms with van der Waals surface area (Å²) >= 11 is 11.8. The summed E-state index contributed by atoms with van der Waals surface area (Å²) in [4.78, 5) is 15.9. The maximum Gasteiger partial charge on any atom is 0.265 e. The summed E-state index contributed by atoms with van der Waals surface area (Å²) in [6.45, 7) is 1.68. The number of carbonyl (C=O) groups excluding carboxylic acids is 1. The second-order valence-corrected chi connectivity index (χ2v) is 5.86. The number of phenolic OH excluding ortho intramolecular Hbond substituents is 1. The molecule has 1 atom stereocenters. The lowest BCUT2D eigenvalue weighted by atomic mass is 10.2. The maximum absolute atomic E-state index is 11.6. The van der Waals surface area contributed by atoms with Crippen molar-refractivity contribution in [2.24, 2.45) is 4.99 Å². The number of halogens is 2. The Morgan fingerprint density at radius 3 is 2.87 bits per heavy atom. The molecule has 2 N–H and O–H groups in total. The Balaban J connectivity index is 1.90. The molecule has 0 aromatic heterocycles. The number of fused-ring (bicyclic) bond motifs is 1. The molecule has 5 nitrogen and oxygen atoms in total. The second kappa shape index (κ2) is 6.10. The molecule has 0 bridgehead atoms. The molecule has 0 spiro atoms. The summed E-state index contributed by atoms with van der Waals surface area (Å²) in [6.07, 6.45) is 0.922. The maximum atomic E-state index is 11.6. The van der Waals surface area contributed by atoms with Gasteiger partial charge in [0.1, 0.15) is 11.5 Å². The van der Waals surface area contributed by atoms with Gasteiger partial charge in [-0.3, -0.25) is 9.79 Å². The highest BCUT2D eigenvalue weighted by molar-refractivity contribution is 6.36. The summed E-state index contributed by atoms with van der Waals surface area (Å²) in [6, 6.07) is 8.14. The van der Waals surface area contributed by atoms with Crippen molar-refractivity contribution >= 4 is 46.7 Å². The second-order valence-electron chi connectivity index (χ2n) is 5.01. The molecule has 2 aromatic rings. The predicted molar refractivity (Wildman–Crippen MR) is 90.5 cm³/mol. The van der Waals surface area contributed by atoms with Crippen LogP contribution in [0.2, 0.25) is 10.0 Å². The summed E-state index contributed by atoms with van der Waals surface area (Å²) in [5, 5.41) is 13.2. The lowest BCUT2D eigenvalue weighted by Crippen LogP contribution is -2.34. The average Bonchev–Trinajstić information content (AvgIpc) is 2.50. The standard InChI is InChI=1S/C16H12Cl2N2O3/c1-8-16(22)20-13-6-11(2-3-14(13)23-8)19-7-9-4-10(17)5-12(18)15(9)21/h2-8,21H,1H3,(H,20,22)/t8-/m0/s1. The Labute approximate surface area is 142 Å². The number of amides is 1. The van der Waals surface area contributed by atoms with Crippen molar-refractivity contribution < 1.29 is 14.6 Å². The first-order chi connectivity index (χ1) is 10.9. The van der Waals surface area contributed by atoms with Gasteiger partial charge in [-0.2, -0.15) is 0 Å². The highest BCUT2D eigenvalue weighted by Crippen LogP contribution is 2.34. The van der Waals surface area contributed by atoms with Crippen molar-refractivity contribution in [2.75, 3.05) is 5.32 Å². The number of anilines is 1. The molecule has 0 fully saturated rings. The van der Waals surface area contributed by atoms with E-state index >= 15 is 0 Å². The van der Waals surface area contributed by atoms with Gasteiger partial charge in [-0.05, 0) is 37.3 Å². The van der Waals surface area contributed by atoms with E-state index in [9.17, 15) is 9.90 Å². The van der Waals surface area contributed by atoms with Crippen LogP contribution in [0.5, 0.6) is 11.5 Å². The first kappa shape index (κ1) is 15.6. The molecule has 1 aliphatic rings. The van der Waals surface area contributed by atoms with Crippen LogP contribution >= 0.6 is 23.2 Å². The van der Waals surface area contributed by atoms with E-state index in [1.165, 1.54) is 12.3 Å². The van der Waals surface area contributed by atoms with E-state index in [-0.39, 0.29) is 16.7 Å². The van der Waals surface area contributed by atoms with Crippen molar-refractivity contribution in [1.82, 2.24) is 0 Å². The first-order valence-electron chi connectivity index (χ1n) is 6.77. The van der Waals surface area contributed by atoms with Gasteiger partial charge in [0.05, 0.1) is 16.4 Å². The fourth-order valence-electron chi connectivity index (χ4n) is 2.11. The molecule has 1 heterocycles. The van der Waals surface area contributed by atoms with E-state index < -0.39 is 6.10 Å². The summed E-state index contributed by atoms with van der Waals surface area (Å²) in [7, 11) is 0. The molecular weight excluding hydrogens is 339 g/mol. The van der Waals surface area contributed by atoms with Crippen LogP contribution in [0.25, 0.3) is 0 Å². The third kappa shape index (κ3) is 3.25. The van der Waals surface area contributed by atoms with Gasteiger partial charge in [-0.25, -0.2) is 0 Å². The van der Waals surface area contributed by atoms with E-state index in [0.717, 1.165) is 0 Å².